The molecule has 0 bridgehead atoms. The highest BCUT2D eigenvalue weighted by atomic mass is 32.2. The van der Waals surface area contributed by atoms with Crippen LogP contribution in [-0.2, 0) is 20.4 Å². The molecule has 6 heteroatoms. The Morgan fingerprint density at radius 3 is 2.29 bits per heavy atom. The van der Waals surface area contributed by atoms with Gasteiger partial charge in [0.2, 0.25) is 5.91 Å². The molecule has 82 valence electrons. The second-order valence-electron chi connectivity index (χ2n) is 2.82. The van der Waals surface area contributed by atoms with Gasteiger partial charge in [-0.05, 0) is 13.3 Å². The van der Waals surface area contributed by atoms with Gasteiger partial charge in [-0.3, -0.25) is 13.8 Å². The number of hydrogen-bond acceptors (Lipinski definition) is 3. The summed E-state index contributed by atoms with van der Waals surface area (Å²) in [5, 5.41) is 9.30. The summed E-state index contributed by atoms with van der Waals surface area (Å²) in [4.78, 5) is 21.8. The molecule has 0 rings (SSSR count). The standard InChI is InChI=1S/C8H15NO4S/c1-4-6(8(11)12)14(13)5(2)7(10)9-3/h5-6H,4H2,1-3H3,(H,9,10)(H,11,12). The summed E-state index contributed by atoms with van der Waals surface area (Å²) >= 11 is 0. The zero-order valence-corrected chi connectivity index (χ0v) is 9.26. The highest BCUT2D eigenvalue weighted by Gasteiger charge is 2.30. The maximum Gasteiger partial charge on any atom is 0.319 e. The Morgan fingerprint density at radius 2 is 2.00 bits per heavy atom. The molecule has 5 nitrogen and oxygen atoms in total. The number of carboxylic acid groups (broad SMARTS) is 1. The van der Waals surface area contributed by atoms with Crippen LogP contribution in [0.5, 0.6) is 0 Å². The summed E-state index contributed by atoms with van der Waals surface area (Å²) in [6.45, 7) is 3.09. The van der Waals surface area contributed by atoms with Crippen molar-refractivity contribution in [3.05, 3.63) is 0 Å². The smallest absolute Gasteiger partial charge is 0.319 e. The van der Waals surface area contributed by atoms with Gasteiger partial charge in [0.1, 0.15) is 10.5 Å². The molecule has 0 spiro atoms. The summed E-state index contributed by atoms with van der Waals surface area (Å²) in [7, 11) is -0.246. The van der Waals surface area contributed by atoms with Crippen LogP contribution >= 0.6 is 0 Å². The minimum Gasteiger partial charge on any atom is -0.480 e. The lowest BCUT2D eigenvalue weighted by atomic mass is 10.3. The van der Waals surface area contributed by atoms with Crippen LogP contribution in [0.2, 0.25) is 0 Å². The zero-order valence-electron chi connectivity index (χ0n) is 8.44. The van der Waals surface area contributed by atoms with Crippen LogP contribution in [0.1, 0.15) is 20.3 Å². The number of hydrogen-bond donors (Lipinski definition) is 2. The van der Waals surface area contributed by atoms with Gasteiger partial charge in [-0.15, -0.1) is 0 Å². The Labute approximate surface area is 85.3 Å². The van der Waals surface area contributed by atoms with E-state index in [4.69, 9.17) is 5.11 Å². The third-order valence-electron chi connectivity index (χ3n) is 1.89. The molecule has 0 saturated heterocycles. The largest absolute Gasteiger partial charge is 0.480 e. The number of aliphatic carboxylic acids is 1. The van der Waals surface area contributed by atoms with Gasteiger partial charge >= 0.3 is 5.97 Å². The monoisotopic (exact) mass is 221 g/mol. The number of nitrogens with one attached hydrogen (secondary N) is 1. The fourth-order valence-corrected chi connectivity index (χ4v) is 2.34. The van der Waals surface area contributed by atoms with E-state index in [9.17, 15) is 13.8 Å². The second-order valence-corrected chi connectivity index (χ2v) is 4.75. The normalized spacial score (nSPS) is 16.8. The third kappa shape index (κ3) is 3.10. The second kappa shape index (κ2) is 5.74. The number of carbonyl (C=O) groups is 2. The van der Waals surface area contributed by atoms with Crippen molar-refractivity contribution in [2.24, 2.45) is 0 Å². The van der Waals surface area contributed by atoms with E-state index < -0.39 is 33.2 Å². The minimum atomic E-state index is -1.67. The third-order valence-corrected chi connectivity index (χ3v) is 3.90. The molecule has 0 aliphatic rings. The van der Waals surface area contributed by atoms with Gasteiger partial charge in [0.15, 0.2) is 0 Å². The maximum atomic E-state index is 11.6. The van der Waals surface area contributed by atoms with Crippen molar-refractivity contribution in [1.29, 1.82) is 0 Å². The number of rotatable bonds is 5. The van der Waals surface area contributed by atoms with Crippen LogP contribution in [0.3, 0.4) is 0 Å². The zero-order chi connectivity index (χ0) is 11.3. The first-order valence-corrected chi connectivity index (χ1v) is 5.57. The van der Waals surface area contributed by atoms with Crippen molar-refractivity contribution in [2.45, 2.75) is 30.8 Å². The molecule has 0 heterocycles. The van der Waals surface area contributed by atoms with E-state index in [1.54, 1.807) is 6.92 Å². The highest BCUT2D eigenvalue weighted by molar-refractivity contribution is 7.87. The van der Waals surface area contributed by atoms with Crippen LogP contribution in [0.15, 0.2) is 0 Å². The maximum absolute atomic E-state index is 11.6. The Balaban J connectivity index is 4.58. The topological polar surface area (TPSA) is 83.5 Å². The van der Waals surface area contributed by atoms with Crippen LogP contribution in [-0.4, -0.2) is 38.7 Å². The van der Waals surface area contributed by atoms with E-state index in [1.807, 2.05) is 0 Å². The average molecular weight is 221 g/mol. The molecule has 0 aromatic heterocycles. The summed E-state index contributed by atoms with van der Waals surface area (Å²) in [5.41, 5.74) is 0. The number of carbonyl (C=O) groups excluding carboxylic acids is 1. The molecule has 0 fully saturated rings. The molecule has 0 aromatic rings. The fourth-order valence-electron chi connectivity index (χ4n) is 0.993. The van der Waals surface area contributed by atoms with E-state index in [-0.39, 0.29) is 6.42 Å². The lowest BCUT2D eigenvalue weighted by Gasteiger charge is -2.14. The molecule has 14 heavy (non-hydrogen) atoms. The summed E-state index contributed by atoms with van der Waals surface area (Å²) in [5.74, 6) is -1.52. The van der Waals surface area contributed by atoms with E-state index >= 15 is 0 Å². The van der Waals surface area contributed by atoms with Crippen LogP contribution in [0.25, 0.3) is 0 Å². The molecule has 0 aromatic carbocycles. The quantitative estimate of drug-likeness (QED) is 0.669. The van der Waals surface area contributed by atoms with Crippen molar-refractivity contribution in [2.75, 3.05) is 7.05 Å². The average Bonchev–Trinajstić information content (AvgIpc) is 2.15. The molecule has 2 N–H and O–H groups in total. The van der Waals surface area contributed by atoms with Crippen molar-refractivity contribution >= 4 is 22.7 Å². The van der Waals surface area contributed by atoms with Gasteiger partial charge in [0, 0.05) is 17.8 Å². The first-order valence-electron chi connectivity index (χ1n) is 4.29. The lowest BCUT2D eigenvalue weighted by molar-refractivity contribution is -0.136. The van der Waals surface area contributed by atoms with Gasteiger partial charge in [-0.25, -0.2) is 0 Å². The van der Waals surface area contributed by atoms with E-state index in [0.717, 1.165) is 0 Å². The summed E-state index contributed by atoms with van der Waals surface area (Å²) in [6, 6.07) is 0. The summed E-state index contributed by atoms with van der Waals surface area (Å²) in [6.07, 6.45) is 0.253. The first-order chi connectivity index (χ1) is 6.45. The van der Waals surface area contributed by atoms with Gasteiger partial charge in [-0.1, -0.05) is 6.92 Å². The predicted octanol–water partition coefficient (Wildman–Crippen LogP) is -0.267. The van der Waals surface area contributed by atoms with Gasteiger partial charge < -0.3 is 10.4 Å². The van der Waals surface area contributed by atoms with Gasteiger partial charge in [0.25, 0.3) is 0 Å². The van der Waals surface area contributed by atoms with Gasteiger partial charge in [0.05, 0.1) is 0 Å². The van der Waals surface area contributed by atoms with E-state index in [0.29, 0.717) is 0 Å². The Hall–Kier alpha value is -0.910. The number of carboxylic acids is 1. The Morgan fingerprint density at radius 1 is 1.50 bits per heavy atom. The number of amides is 1. The molecular weight excluding hydrogens is 206 g/mol. The van der Waals surface area contributed by atoms with Gasteiger partial charge in [-0.2, -0.15) is 0 Å². The molecule has 0 radical (unpaired) electrons. The minimum absolute atomic E-state index is 0.253. The lowest BCUT2D eigenvalue weighted by Crippen LogP contribution is -2.39. The molecule has 3 atom stereocenters. The van der Waals surface area contributed by atoms with Crippen molar-refractivity contribution < 1.29 is 18.9 Å². The highest BCUT2D eigenvalue weighted by Crippen LogP contribution is 2.08. The Kier molecular flexibility index (Phi) is 5.37. The fraction of sp³-hybridized carbons (Fsp3) is 0.750. The van der Waals surface area contributed by atoms with Crippen molar-refractivity contribution in [3.63, 3.8) is 0 Å². The van der Waals surface area contributed by atoms with Crippen LogP contribution in [0, 0.1) is 0 Å². The summed E-state index contributed by atoms with van der Waals surface area (Å²) < 4.78 is 11.6. The van der Waals surface area contributed by atoms with Crippen LogP contribution in [0.4, 0.5) is 0 Å². The SMILES string of the molecule is CCC(C(=O)O)S(=O)C(C)C(=O)NC. The van der Waals surface area contributed by atoms with E-state index in [1.165, 1.54) is 14.0 Å². The molecular formula is C8H15NO4S. The van der Waals surface area contributed by atoms with Crippen LogP contribution < -0.4 is 5.32 Å². The van der Waals surface area contributed by atoms with Crippen molar-refractivity contribution in [1.82, 2.24) is 5.32 Å². The molecule has 0 aliphatic carbocycles. The molecule has 3 unspecified atom stereocenters. The molecule has 0 saturated carbocycles. The Bertz CT molecular complexity index is 254. The molecule has 0 aliphatic heterocycles. The predicted molar refractivity (Wildman–Crippen MR) is 53.4 cm³/mol. The molecule has 1 amide bonds. The van der Waals surface area contributed by atoms with Crippen molar-refractivity contribution in [3.8, 4) is 0 Å². The first kappa shape index (κ1) is 13.1. The van der Waals surface area contributed by atoms with E-state index in [2.05, 4.69) is 5.32 Å².